The van der Waals surface area contributed by atoms with Gasteiger partial charge in [-0.15, -0.1) is 0 Å². The predicted molar refractivity (Wildman–Crippen MR) is 34.1 cm³/mol. The largest absolute Gasteiger partial charge is 2.00 e. The van der Waals surface area contributed by atoms with Gasteiger partial charge in [0.1, 0.15) is 0 Å². The number of rotatable bonds is 1. The van der Waals surface area contributed by atoms with Gasteiger partial charge in [-0.25, -0.2) is 0 Å². The summed E-state index contributed by atoms with van der Waals surface area (Å²) in [5.41, 5.74) is 1.14. The molecule has 0 spiro atoms. The number of aromatic nitrogens is 2. The second-order valence-corrected chi connectivity index (χ2v) is 1.64. The van der Waals surface area contributed by atoms with Crippen molar-refractivity contribution in [3.05, 3.63) is 29.2 Å². The summed E-state index contributed by atoms with van der Waals surface area (Å²) in [6, 6.07) is 0. The first-order chi connectivity index (χ1) is 4.33. The van der Waals surface area contributed by atoms with Gasteiger partial charge in [-0.3, -0.25) is 11.2 Å². The Hall–Kier alpha value is -0.562. The van der Waals surface area contributed by atoms with Gasteiger partial charge in [0.05, 0.1) is 0 Å². The van der Waals surface area contributed by atoms with E-state index in [-0.39, 0.29) is 21.1 Å². The van der Waals surface area contributed by atoms with Crippen molar-refractivity contribution in [1.29, 1.82) is 0 Å². The molecule has 50 valence electrons. The molecular weight excluding hydrogens is 298 g/mol. The molecule has 10 heavy (non-hydrogen) atoms. The zero-order valence-electron chi connectivity index (χ0n) is 5.40. The summed E-state index contributed by atoms with van der Waals surface area (Å²) in [7, 11) is 0. The molecule has 3 nitrogen and oxygen atoms in total. The summed E-state index contributed by atoms with van der Waals surface area (Å²) in [5, 5.41) is 8.40. The van der Waals surface area contributed by atoms with Crippen LogP contribution in [0.25, 0.3) is 5.41 Å². The van der Waals surface area contributed by atoms with Crippen LogP contribution in [-0.2, 0) is 21.1 Å². The Balaban J connectivity index is 0.000000810. The molecule has 0 aliphatic heterocycles. The van der Waals surface area contributed by atoms with Crippen molar-refractivity contribution in [3.63, 3.8) is 0 Å². The monoisotopic (exact) mass is 303 g/mol. The third-order valence-electron chi connectivity index (χ3n) is 0.850. The maximum Gasteiger partial charge on any atom is 2.00 e. The topological polar surface area (TPSA) is 48.1 Å². The van der Waals surface area contributed by atoms with E-state index in [1.807, 2.05) is 0 Å². The first-order valence-corrected chi connectivity index (χ1v) is 2.51. The second kappa shape index (κ2) is 4.28. The van der Waals surface area contributed by atoms with E-state index in [2.05, 4.69) is 16.2 Å². The van der Waals surface area contributed by atoms with E-state index >= 15 is 0 Å². The molecule has 0 atom stereocenters. The van der Waals surface area contributed by atoms with E-state index < -0.39 is 0 Å². The van der Waals surface area contributed by atoms with E-state index in [0.717, 1.165) is 11.9 Å². The van der Waals surface area contributed by atoms with Crippen molar-refractivity contribution < 1.29 is 21.1 Å². The average Bonchev–Trinajstić information content (AvgIpc) is 1.88. The zero-order valence-corrected chi connectivity index (χ0v) is 8.34. The summed E-state index contributed by atoms with van der Waals surface area (Å²) in [6.07, 6.45) is 4.94. The fraction of sp³-hybridized carbons (Fsp3) is 0.167. The summed E-state index contributed by atoms with van der Waals surface area (Å²) < 4.78 is 0. The quantitative estimate of drug-likeness (QED) is 0.562. The van der Waals surface area contributed by atoms with Crippen LogP contribution in [0.5, 0.6) is 0 Å². The van der Waals surface area contributed by atoms with Gasteiger partial charge < -0.3 is 10.4 Å². The minimum Gasteiger partial charge on any atom is -0.877 e. The Kier molecular flexibility index (Phi) is 4.04. The van der Waals surface area contributed by atoms with Crippen LogP contribution in [0, 0.1) is 13.1 Å². The number of hydrogen-bond acceptors (Lipinski definition) is 2. The molecule has 0 aliphatic rings. The molecule has 0 saturated carbocycles. The summed E-state index contributed by atoms with van der Waals surface area (Å²) in [5.74, 6) is 0. The van der Waals surface area contributed by atoms with Gasteiger partial charge in [0.2, 0.25) is 0 Å². The SMILES string of the molecule is Cc1cn[c-]c(C=[N-])n1.[W+2]. The van der Waals surface area contributed by atoms with E-state index in [9.17, 15) is 0 Å². The van der Waals surface area contributed by atoms with Crippen molar-refractivity contribution in [2.45, 2.75) is 6.92 Å². The molecule has 0 radical (unpaired) electrons. The third-order valence-corrected chi connectivity index (χ3v) is 0.850. The summed E-state index contributed by atoms with van der Waals surface area (Å²) in [6.45, 7) is 1.80. The fourth-order valence-electron chi connectivity index (χ4n) is 0.493. The molecule has 4 heteroatoms. The molecule has 0 aliphatic carbocycles. The van der Waals surface area contributed by atoms with Crippen molar-refractivity contribution in [2.24, 2.45) is 0 Å². The van der Waals surface area contributed by atoms with E-state index in [4.69, 9.17) is 5.41 Å². The Labute approximate surface area is 73.7 Å². The van der Waals surface area contributed by atoms with Crippen LogP contribution in [-0.4, -0.2) is 16.2 Å². The molecule has 0 bridgehead atoms. The van der Waals surface area contributed by atoms with Crippen LogP contribution in [0.1, 0.15) is 11.4 Å². The Morgan fingerprint density at radius 2 is 2.40 bits per heavy atom. The molecule has 0 unspecified atom stereocenters. The molecule has 0 N–H and O–H groups in total. The molecule has 0 aromatic carbocycles. The zero-order chi connectivity index (χ0) is 6.69. The first-order valence-electron chi connectivity index (χ1n) is 2.51. The molecule has 0 saturated heterocycles. The van der Waals surface area contributed by atoms with Crippen LogP contribution >= 0.6 is 0 Å². The van der Waals surface area contributed by atoms with Crippen molar-refractivity contribution in [3.8, 4) is 0 Å². The van der Waals surface area contributed by atoms with Crippen molar-refractivity contribution in [2.75, 3.05) is 0 Å². The van der Waals surface area contributed by atoms with Crippen LogP contribution in [0.2, 0.25) is 0 Å². The molecule has 0 fully saturated rings. The molecule has 1 heterocycles. The number of hydrogen-bond donors (Lipinski definition) is 0. The Bertz CT molecular complexity index is 224. The minimum atomic E-state index is 0. The van der Waals surface area contributed by atoms with E-state index in [0.29, 0.717) is 5.69 Å². The van der Waals surface area contributed by atoms with Gasteiger partial charge in [0.15, 0.2) is 0 Å². The number of aryl methyl sites for hydroxylation is 1. The fourth-order valence-corrected chi connectivity index (χ4v) is 0.493. The van der Waals surface area contributed by atoms with E-state index in [1.165, 1.54) is 0 Å². The Morgan fingerprint density at radius 3 is 2.80 bits per heavy atom. The molecular formula is C6H5N3W. The van der Waals surface area contributed by atoms with E-state index in [1.54, 1.807) is 13.1 Å². The van der Waals surface area contributed by atoms with Crippen LogP contribution in [0.3, 0.4) is 0 Å². The van der Waals surface area contributed by atoms with Gasteiger partial charge in [-0.05, 0) is 12.6 Å². The maximum absolute atomic E-state index is 8.40. The Morgan fingerprint density at radius 1 is 1.70 bits per heavy atom. The van der Waals surface area contributed by atoms with Gasteiger partial charge in [-0.1, -0.05) is 18.1 Å². The van der Waals surface area contributed by atoms with Crippen LogP contribution in [0.4, 0.5) is 0 Å². The minimum absolute atomic E-state index is 0. The maximum atomic E-state index is 8.40. The third kappa shape index (κ3) is 2.36. The van der Waals surface area contributed by atoms with Gasteiger partial charge in [0.25, 0.3) is 0 Å². The predicted octanol–water partition coefficient (Wildman–Crippen LogP) is 0.571. The van der Waals surface area contributed by atoms with Gasteiger partial charge in [0, 0.05) is 0 Å². The number of nitrogens with zero attached hydrogens (tertiary/aromatic N) is 3. The molecule has 0 amide bonds. The van der Waals surface area contributed by atoms with Crippen LogP contribution in [0.15, 0.2) is 6.20 Å². The normalized spacial score (nSPS) is 8.10. The summed E-state index contributed by atoms with van der Waals surface area (Å²) >= 11 is 0. The molecule has 1 aromatic heterocycles. The van der Waals surface area contributed by atoms with Crippen LogP contribution < -0.4 is 0 Å². The molecule has 1 rings (SSSR count). The average molecular weight is 303 g/mol. The molecule has 1 aromatic rings. The first kappa shape index (κ1) is 9.44. The summed E-state index contributed by atoms with van der Waals surface area (Å²) in [4.78, 5) is 7.54. The smallest absolute Gasteiger partial charge is 0.877 e. The standard InChI is InChI=1S/C6H5N3.W/c1-5-3-8-4-6(2-7)9-5;/h2-3H,1H3;/q-2;+2. The van der Waals surface area contributed by atoms with Crippen molar-refractivity contribution >= 4 is 6.21 Å². The van der Waals surface area contributed by atoms with Gasteiger partial charge >= 0.3 is 21.1 Å². The second-order valence-electron chi connectivity index (χ2n) is 1.64. The van der Waals surface area contributed by atoms with Gasteiger partial charge in [-0.2, -0.15) is 0 Å². The van der Waals surface area contributed by atoms with Crippen molar-refractivity contribution in [1.82, 2.24) is 9.97 Å².